The van der Waals surface area contributed by atoms with Crippen molar-refractivity contribution in [2.45, 2.75) is 90.9 Å². The number of furan rings is 2. The summed E-state index contributed by atoms with van der Waals surface area (Å²) >= 11 is 0. The van der Waals surface area contributed by atoms with Crippen LogP contribution in [0.5, 0.6) is 0 Å². The van der Waals surface area contributed by atoms with Gasteiger partial charge in [0.25, 0.3) is 0 Å². The van der Waals surface area contributed by atoms with Crippen molar-refractivity contribution in [1.29, 1.82) is 0 Å². The van der Waals surface area contributed by atoms with Crippen LogP contribution in [-0.2, 0) is 0 Å². The van der Waals surface area contributed by atoms with Crippen LogP contribution in [0.15, 0.2) is 57.4 Å². The van der Waals surface area contributed by atoms with Crippen LogP contribution >= 0.6 is 0 Å². The molecule has 2 atom stereocenters. The average Bonchev–Trinajstić information content (AvgIpc) is 3.44. The van der Waals surface area contributed by atoms with E-state index in [0.717, 1.165) is 45.9 Å². The Hall–Kier alpha value is -2.74. The molecule has 0 aliphatic heterocycles. The molecular weight excluding hydrogens is 416 g/mol. The van der Waals surface area contributed by atoms with Gasteiger partial charge in [-0.25, -0.2) is 0 Å². The Morgan fingerprint density at radius 2 is 0.941 bits per heavy atom. The number of unbranched alkanes of at least 4 members (excludes halogenated alkanes) is 2. The second-order valence-corrected chi connectivity index (χ2v) is 9.97. The number of benzene rings is 3. The van der Waals surface area contributed by atoms with Gasteiger partial charge in [-0.1, -0.05) is 89.8 Å². The molecule has 0 N–H and O–H groups in total. The van der Waals surface area contributed by atoms with Gasteiger partial charge in [-0.15, -0.1) is 0 Å². The summed E-state index contributed by atoms with van der Waals surface area (Å²) in [5.41, 5.74) is 6.58. The van der Waals surface area contributed by atoms with Gasteiger partial charge in [-0.3, -0.25) is 0 Å². The zero-order valence-corrected chi connectivity index (χ0v) is 21.2. The third kappa shape index (κ3) is 3.82. The maximum atomic E-state index is 6.69. The molecule has 2 aromatic heterocycles. The van der Waals surface area contributed by atoms with Gasteiger partial charge in [0.1, 0.15) is 11.2 Å². The quantitative estimate of drug-likeness (QED) is 0.210. The Morgan fingerprint density at radius 1 is 0.529 bits per heavy atom. The smallest absolute Gasteiger partial charge is 0.178 e. The fourth-order valence-electron chi connectivity index (χ4n) is 5.86. The van der Waals surface area contributed by atoms with E-state index in [2.05, 4.69) is 76.2 Å². The van der Waals surface area contributed by atoms with E-state index in [4.69, 9.17) is 8.83 Å². The Balaban J connectivity index is 1.72. The van der Waals surface area contributed by atoms with Gasteiger partial charge in [0, 0.05) is 21.5 Å². The molecule has 2 heteroatoms. The molecule has 5 aromatic rings. The molecule has 34 heavy (non-hydrogen) atoms. The van der Waals surface area contributed by atoms with Crippen molar-refractivity contribution in [1.82, 2.24) is 0 Å². The number of hydrogen-bond donors (Lipinski definition) is 0. The van der Waals surface area contributed by atoms with Crippen molar-refractivity contribution in [2.24, 2.45) is 0 Å². The van der Waals surface area contributed by atoms with Crippen LogP contribution in [0.25, 0.3) is 43.9 Å². The molecule has 0 aliphatic carbocycles. The Labute approximate surface area is 203 Å². The molecule has 2 heterocycles. The highest BCUT2D eigenvalue weighted by Crippen LogP contribution is 2.43. The van der Waals surface area contributed by atoms with E-state index in [0.29, 0.717) is 11.8 Å². The van der Waals surface area contributed by atoms with Crippen LogP contribution in [-0.4, -0.2) is 0 Å². The zero-order chi connectivity index (χ0) is 23.7. The van der Waals surface area contributed by atoms with E-state index < -0.39 is 0 Å². The SMILES string of the molecule is CCCCC(CC)c1cccc2c1oc1c2ccc2c3cccc(C(CC)CCCC)c3oc21. The van der Waals surface area contributed by atoms with Gasteiger partial charge in [-0.05, 0) is 60.8 Å². The highest BCUT2D eigenvalue weighted by molar-refractivity contribution is 6.19. The van der Waals surface area contributed by atoms with Crippen LogP contribution in [0.4, 0.5) is 0 Å². The summed E-state index contributed by atoms with van der Waals surface area (Å²) in [5, 5.41) is 4.74. The van der Waals surface area contributed by atoms with E-state index in [1.54, 1.807) is 0 Å². The summed E-state index contributed by atoms with van der Waals surface area (Å²) in [6.45, 7) is 9.13. The van der Waals surface area contributed by atoms with Crippen molar-refractivity contribution in [2.75, 3.05) is 0 Å². The first-order valence-corrected chi connectivity index (χ1v) is 13.5. The molecule has 2 nitrogen and oxygen atoms in total. The first kappa shape index (κ1) is 23.0. The Morgan fingerprint density at radius 3 is 1.32 bits per heavy atom. The minimum absolute atomic E-state index is 0.533. The van der Waals surface area contributed by atoms with Gasteiger partial charge in [0.05, 0.1) is 0 Å². The molecule has 3 aromatic carbocycles. The maximum absolute atomic E-state index is 6.69. The minimum atomic E-state index is 0.533. The van der Waals surface area contributed by atoms with Crippen LogP contribution < -0.4 is 0 Å². The third-order valence-corrected chi connectivity index (χ3v) is 7.87. The average molecular weight is 455 g/mol. The van der Waals surface area contributed by atoms with Crippen LogP contribution in [0.1, 0.15) is 102 Å². The van der Waals surface area contributed by atoms with Crippen molar-refractivity contribution in [3.05, 3.63) is 59.7 Å². The lowest BCUT2D eigenvalue weighted by molar-refractivity contribution is 0.556. The van der Waals surface area contributed by atoms with Crippen molar-refractivity contribution in [3.63, 3.8) is 0 Å². The molecule has 0 spiro atoms. The first-order chi connectivity index (χ1) is 16.7. The lowest BCUT2D eigenvalue weighted by Gasteiger charge is -2.15. The molecule has 0 aliphatic rings. The largest absolute Gasteiger partial charge is 0.452 e. The van der Waals surface area contributed by atoms with Crippen LogP contribution in [0.3, 0.4) is 0 Å². The van der Waals surface area contributed by atoms with E-state index in [-0.39, 0.29) is 0 Å². The zero-order valence-electron chi connectivity index (χ0n) is 21.2. The second kappa shape index (κ2) is 9.86. The lowest BCUT2D eigenvalue weighted by atomic mass is 9.90. The van der Waals surface area contributed by atoms with E-state index in [9.17, 15) is 0 Å². The monoisotopic (exact) mass is 454 g/mol. The van der Waals surface area contributed by atoms with Gasteiger partial charge in [0.2, 0.25) is 0 Å². The fraction of sp³-hybridized carbons (Fsp3) is 0.438. The van der Waals surface area contributed by atoms with E-state index in [1.807, 2.05) is 0 Å². The molecule has 5 rings (SSSR count). The number of fused-ring (bicyclic) bond motifs is 7. The van der Waals surface area contributed by atoms with Gasteiger partial charge >= 0.3 is 0 Å². The summed E-state index contributed by atoms with van der Waals surface area (Å²) in [7, 11) is 0. The van der Waals surface area contributed by atoms with Crippen molar-refractivity contribution >= 4 is 43.9 Å². The normalized spacial score (nSPS) is 14.0. The van der Waals surface area contributed by atoms with Gasteiger partial charge in [0.15, 0.2) is 11.2 Å². The summed E-state index contributed by atoms with van der Waals surface area (Å²) in [4.78, 5) is 0. The number of hydrogen-bond acceptors (Lipinski definition) is 2. The molecule has 0 amide bonds. The summed E-state index contributed by atoms with van der Waals surface area (Å²) < 4.78 is 13.4. The standard InChI is InChI=1S/C32H38O2/c1-5-9-13-21(7-3)23-15-11-17-25-27-19-20-28-26-18-12-16-24(22(8-4)14-10-6-2)30(26)34-32(28)31(27)33-29(23)25/h11-12,15-22H,5-10,13-14H2,1-4H3. The van der Waals surface area contributed by atoms with Crippen LogP contribution in [0.2, 0.25) is 0 Å². The highest BCUT2D eigenvalue weighted by Gasteiger charge is 2.22. The molecule has 178 valence electrons. The third-order valence-electron chi connectivity index (χ3n) is 7.87. The Kier molecular flexibility index (Phi) is 6.68. The fourth-order valence-corrected chi connectivity index (χ4v) is 5.86. The predicted molar refractivity (Wildman–Crippen MR) is 146 cm³/mol. The first-order valence-electron chi connectivity index (χ1n) is 13.5. The van der Waals surface area contributed by atoms with Crippen molar-refractivity contribution < 1.29 is 8.83 Å². The van der Waals surface area contributed by atoms with Gasteiger partial charge < -0.3 is 8.83 Å². The summed E-state index contributed by atoms with van der Waals surface area (Å²) in [6, 6.07) is 17.8. The molecule has 0 saturated carbocycles. The molecule has 0 radical (unpaired) electrons. The Bertz CT molecular complexity index is 1310. The molecule has 0 saturated heterocycles. The lowest BCUT2D eigenvalue weighted by Crippen LogP contribution is -1.97. The summed E-state index contributed by atoms with van der Waals surface area (Å²) in [6.07, 6.45) is 9.65. The number of para-hydroxylation sites is 2. The van der Waals surface area contributed by atoms with Gasteiger partial charge in [-0.2, -0.15) is 0 Å². The van der Waals surface area contributed by atoms with E-state index >= 15 is 0 Å². The highest BCUT2D eigenvalue weighted by atomic mass is 16.4. The minimum Gasteiger partial charge on any atom is -0.452 e. The molecular formula is C32H38O2. The molecule has 0 bridgehead atoms. The molecule has 0 fully saturated rings. The van der Waals surface area contributed by atoms with Crippen LogP contribution in [0, 0.1) is 0 Å². The second-order valence-electron chi connectivity index (χ2n) is 9.97. The van der Waals surface area contributed by atoms with Crippen molar-refractivity contribution in [3.8, 4) is 0 Å². The molecule has 2 unspecified atom stereocenters. The van der Waals surface area contributed by atoms with E-state index in [1.165, 1.54) is 60.4 Å². The summed E-state index contributed by atoms with van der Waals surface area (Å²) in [5.74, 6) is 1.07. The maximum Gasteiger partial charge on any atom is 0.178 e. The topological polar surface area (TPSA) is 26.3 Å². The number of rotatable bonds is 10. The predicted octanol–water partition coefficient (Wildman–Crippen LogP) is 10.9.